The maximum absolute atomic E-state index is 12.2. The maximum atomic E-state index is 12.2. The quantitative estimate of drug-likeness (QED) is 0.631. The molecule has 2 aromatic carbocycles. The van der Waals surface area contributed by atoms with Crippen LogP contribution < -0.4 is 9.47 Å². The summed E-state index contributed by atoms with van der Waals surface area (Å²) < 4.78 is 15.8. The van der Waals surface area contributed by atoms with Crippen LogP contribution in [0.5, 0.6) is 11.5 Å². The molecule has 0 N–H and O–H groups in total. The van der Waals surface area contributed by atoms with E-state index in [2.05, 4.69) is 11.1 Å². The van der Waals surface area contributed by atoms with E-state index in [0.717, 1.165) is 11.1 Å². The topological polar surface area (TPSA) is 57.1 Å². The van der Waals surface area contributed by atoms with Gasteiger partial charge in [-0.25, -0.2) is 9.79 Å². The van der Waals surface area contributed by atoms with Crippen molar-refractivity contribution in [1.82, 2.24) is 0 Å². The molecule has 0 spiro atoms. The Balaban J connectivity index is 1.96. The monoisotopic (exact) mass is 337 g/mol. The highest BCUT2D eigenvalue weighted by Crippen LogP contribution is 2.29. The summed E-state index contributed by atoms with van der Waals surface area (Å²) in [5.41, 5.74) is 4.11. The van der Waals surface area contributed by atoms with Crippen molar-refractivity contribution >= 4 is 17.9 Å². The van der Waals surface area contributed by atoms with Crippen molar-refractivity contribution in [2.45, 2.75) is 13.8 Å². The number of ether oxygens (including phenoxy) is 3. The van der Waals surface area contributed by atoms with E-state index in [1.54, 1.807) is 38.5 Å². The molecule has 3 rings (SSSR count). The average Bonchev–Trinajstić information content (AvgIpc) is 2.97. The molecule has 25 heavy (non-hydrogen) atoms. The molecular formula is C20H19NO4. The van der Waals surface area contributed by atoms with Crippen molar-refractivity contribution in [3.8, 4) is 11.5 Å². The van der Waals surface area contributed by atoms with Crippen molar-refractivity contribution < 1.29 is 19.0 Å². The third kappa shape index (κ3) is 3.40. The molecule has 0 unspecified atom stereocenters. The fraction of sp³-hybridized carbons (Fsp3) is 0.200. The number of aryl methyl sites for hydroxylation is 2. The van der Waals surface area contributed by atoms with E-state index in [1.807, 2.05) is 26.0 Å². The summed E-state index contributed by atoms with van der Waals surface area (Å²) in [5, 5.41) is 0. The summed E-state index contributed by atoms with van der Waals surface area (Å²) in [6, 6.07) is 11.3. The molecule has 5 nitrogen and oxygen atoms in total. The molecule has 0 aliphatic carbocycles. The number of nitrogens with zero attached hydrogens (tertiary/aromatic N) is 1. The summed E-state index contributed by atoms with van der Waals surface area (Å²) in [6.07, 6.45) is 1.74. The standard InChI is InChI=1S/C20H19NO4/c1-12-5-6-14(13(2)9-12)10-16-20(22)25-19(21-16)15-7-8-17(23-3)18(11-15)24-4/h5-11H,1-4H3/b16-10-. The summed E-state index contributed by atoms with van der Waals surface area (Å²) in [5.74, 6) is 0.930. The fourth-order valence-corrected chi connectivity index (χ4v) is 2.64. The summed E-state index contributed by atoms with van der Waals surface area (Å²) in [4.78, 5) is 16.5. The van der Waals surface area contributed by atoms with Crippen molar-refractivity contribution in [1.29, 1.82) is 0 Å². The first-order valence-electron chi connectivity index (χ1n) is 7.84. The second-order valence-corrected chi connectivity index (χ2v) is 5.77. The summed E-state index contributed by atoms with van der Waals surface area (Å²) in [7, 11) is 3.12. The Morgan fingerprint density at radius 3 is 2.44 bits per heavy atom. The van der Waals surface area contributed by atoms with Crippen LogP contribution in [-0.4, -0.2) is 26.1 Å². The van der Waals surface area contributed by atoms with Crippen LogP contribution in [0.3, 0.4) is 0 Å². The second kappa shape index (κ2) is 6.81. The number of rotatable bonds is 4. The van der Waals surface area contributed by atoms with Gasteiger partial charge in [-0.3, -0.25) is 0 Å². The van der Waals surface area contributed by atoms with E-state index in [0.29, 0.717) is 17.1 Å². The number of methoxy groups -OCH3 is 2. The zero-order valence-corrected chi connectivity index (χ0v) is 14.6. The number of carbonyl (C=O) groups excluding carboxylic acids is 1. The van der Waals surface area contributed by atoms with Gasteiger partial charge in [-0.05, 0) is 49.2 Å². The molecule has 1 heterocycles. The Bertz CT molecular complexity index is 897. The van der Waals surface area contributed by atoms with Crippen molar-refractivity contribution in [2.75, 3.05) is 14.2 Å². The van der Waals surface area contributed by atoms with Crippen LogP contribution in [-0.2, 0) is 9.53 Å². The molecular weight excluding hydrogens is 318 g/mol. The van der Waals surface area contributed by atoms with Crippen molar-refractivity contribution in [3.63, 3.8) is 0 Å². The summed E-state index contributed by atoms with van der Waals surface area (Å²) >= 11 is 0. The van der Waals surface area contributed by atoms with Crippen LogP contribution in [0.15, 0.2) is 47.1 Å². The normalized spacial score (nSPS) is 15.1. The number of hydrogen-bond acceptors (Lipinski definition) is 5. The molecule has 2 aromatic rings. The Labute approximate surface area is 146 Å². The highest BCUT2D eigenvalue weighted by atomic mass is 16.6. The van der Waals surface area contributed by atoms with Gasteiger partial charge in [0.25, 0.3) is 0 Å². The Hall–Kier alpha value is -3.08. The predicted octanol–water partition coefficient (Wildman–Crippen LogP) is 3.67. The van der Waals surface area contributed by atoms with Crippen LogP contribution >= 0.6 is 0 Å². The molecule has 128 valence electrons. The van der Waals surface area contributed by atoms with Gasteiger partial charge in [0.2, 0.25) is 5.90 Å². The van der Waals surface area contributed by atoms with Crippen LogP contribution in [0.2, 0.25) is 0 Å². The van der Waals surface area contributed by atoms with Crippen LogP contribution in [0.1, 0.15) is 22.3 Å². The van der Waals surface area contributed by atoms with Crippen molar-refractivity contribution in [3.05, 3.63) is 64.3 Å². The molecule has 0 atom stereocenters. The largest absolute Gasteiger partial charge is 0.493 e. The minimum atomic E-state index is -0.468. The molecule has 0 bridgehead atoms. The van der Waals surface area contributed by atoms with E-state index in [-0.39, 0.29) is 11.6 Å². The van der Waals surface area contributed by atoms with E-state index < -0.39 is 5.97 Å². The molecule has 0 radical (unpaired) electrons. The minimum absolute atomic E-state index is 0.252. The third-order valence-corrected chi connectivity index (χ3v) is 3.97. The SMILES string of the molecule is COc1ccc(C2=N/C(=C\c3ccc(C)cc3C)C(=O)O2)cc1OC. The zero-order chi connectivity index (χ0) is 18.0. The van der Waals surface area contributed by atoms with Gasteiger partial charge in [0.1, 0.15) is 0 Å². The van der Waals surface area contributed by atoms with Gasteiger partial charge in [-0.2, -0.15) is 0 Å². The number of esters is 1. The smallest absolute Gasteiger partial charge is 0.363 e. The lowest BCUT2D eigenvalue weighted by molar-refractivity contribution is -0.129. The Kier molecular flexibility index (Phi) is 4.57. The lowest BCUT2D eigenvalue weighted by Gasteiger charge is -2.08. The Morgan fingerprint density at radius 2 is 1.76 bits per heavy atom. The summed E-state index contributed by atoms with van der Waals surface area (Å²) in [6.45, 7) is 4.03. The molecule has 0 saturated carbocycles. The molecule has 0 saturated heterocycles. The third-order valence-electron chi connectivity index (χ3n) is 3.97. The van der Waals surface area contributed by atoms with Gasteiger partial charge in [-0.15, -0.1) is 0 Å². The lowest BCUT2D eigenvalue weighted by Crippen LogP contribution is -2.06. The van der Waals surface area contributed by atoms with E-state index in [9.17, 15) is 4.79 Å². The van der Waals surface area contributed by atoms with Gasteiger partial charge >= 0.3 is 5.97 Å². The molecule has 1 aliphatic rings. The maximum Gasteiger partial charge on any atom is 0.363 e. The minimum Gasteiger partial charge on any atom is -0.493 e. The first-order chi connectivity index (χ1) is 12.0. The van der Waals surface area contributed by atoms with Gasteiger partial charge in [0.15, 0.2) is 17.2 Å². The van der Waals surface area contributed by atoms with Gasteiger partial charge in [0.05, 0.1) is 14.2 Å². The van der Waals surface area contributed by atoms with Crippen LogP contribution in [0, 0.1) is 13.8 Å². The number of hydrogen-bond donors (Lipinski definition) is 0. The Morgan fingerprint density at radius 1 is 1.00 bits per heavy atom. The number of benzene rings is 2. The molecule has 0 amide bonds. The first-order valence-corrected chi connectivity index (χ1v) is 7.84. The van der Waals surface area contributed by atoms with Crippen LogP contribution in [0.4, 0.5) is 0 Å². The van der Waals surface area contributed by atoms with Gasteiger partial charge in [0, 0.05) is 5.56 Å². The average molecular weight is 337 g/mol. The van der Waals surface area contributed by atoms with E-state index >= 15 is 0 Å². The number of aliphatic imine (C=N–C) groups is 1. The molecule has 0 aromatic heterocycles. The number of cyclic esters (lactones) is 1. The zero-order valence-electron chi connectivity index (χ0n) is 14.6. The van der Waals surface area contributed by atoms with Crippen LogP contribution in [0.25, 0.3) is 6.08 Å². The van der Waals surface area contributed by atoms with Crippen molar-refractivity contribution in [2.24, 2.45) is 4.99 Å². The number of carbonyl (C=O) groups is 1. The molecule has 5 heteroatoms. The predicted molar refractivity (Wildman–Crippen MR) is 96.1 cm³/mol. The van der Waals surface area contributed by atoms with E-state index in [4.69, 9.17) is 14.2 Å². The second-order valence-electron chi connectivity index (χ2n) is 5.77. The van der Waals surface area contributed by atoms with Gasteiger partial charge < -0.3 is 14.2 Å². The highest BCUT2D eigenvalue weighted by molar-refractivity contribution is 6.13. The first kappa shape index (κ1) is 16.8. The van der Waals surface area contributed by atoms with Gasteiger partial charge in [-0.1, -0.05) is 23.8 Å². The molecule has 0 fully saturated rings. The lowest BCUT2D eigenvalue weighted by atomic mass is 10.0. The molecule has 1 aliphatic heterocycles. The fourth-order valence-electron chi connectivity index (χ4n) is 2.64. The highest BCUT2D eigenvalue weighted by Gasteiger charge is 2.25. The van der Waals surface area contributed by atoms with E-state index in [1.165, 1.54) is 5.56 Å².